The van der Waals surface area contributed by atoms with Crippen LogP contribution in [0.15, 0.2) is 30.5 Å². The van der Waals surface area contributed by atoms with E-state index in [0.717, 1.165) is 17.2 Å². The van der Waals surface area contributed by atoms with E-state index in [9.17, 15) is 0 Å². The van der Waals surface area contributed by atoms with E-state index < -0.39 is 0 Å². The highest BCUT2D eigenvalue weighted by Gasteiger charge is 2.14. The van der Waals surface area contributed by atoms with Crippen LogP contribution in [0.25, 0.3) is 0 Å². The molecule has 4 heteroatoms. The third-order valence-electron chi connectivity index (χ3n) is 2.95. The predicted octanol–water partition coefficient (Wildman–Crippen LogP) is 2.96. The number of para-hydroxylation sites is 1. The van der Waals surface area contributed by atoms with Crippen LogP contribution in [0.3, 0.4) is 0 Å². The van der Waals surface area contributed by atoms with Crippen molar-refractivity contribution in [2.45, 2.75) is 19.4 Å². The van der Waals surface area contributed by atoms with Crippen LogP contribution in [0.2, 0.25) is 0 Å². The summed E-state index contributed by atoms with van der Waals surface area (Å²) < 4.78 is 5.39. The van der Waals surface area contributed by atoms with E-state index in [1.165, 1.54) is 10.4 Å². The number of likely N-dealkylation sites (N-methyl/N-ethyl adjacent to an activating group) is 1. The first kappa shape index (κ1) is 13.1. The van der Waals surface area contributed by atoms with Gasteiger partial charge in [-0.25, -0.2) is 4.98 Å². The van der Waals surface area contributed by atoms with E-state index in [0.29, 0.717) is 0 Å². The van der Waals surface area contributed by atoms with Gasteiger partial charge in [0.1, 0.15) is 5.75 Å². The Morgan fingerprint density at radius 3 is 2.78 bits per heavy atom. The Balaban J connectivity index is 2.20. The first-order valence-corrected chi connectivity index (χ1v) is 6.77. The van der Waals surface area contributed by atoms with Gasteiger partial charge in [0.25, 0.3) is 0 Å². The second kappa shape index (κ2) is 5.98. The molecule has 0 spiro atoms. The number of benzene rings is 1. The molecule has 0 radical (unpaired) electrons. The Bertz CT molecular complexity index is 510. The molecule has 1 aromatic carbocycles. The average molecular weight is 262 g/mol. The van der Waals surface area contributed by atoms with Crippen molar-refractivity contribution in [3.63, 3.8) is 0 Å². The minimum absolute atomic E-state index is 0.285. The van der Waals surface area contributed by atoms with Crippen LogP contribution in [0.5, 0.6) is 5.75 Å². The molecule has 0 saturated carbocycles. The zero-order valence-electron chi connectivity index (χ0n) is 10.9. The molecule has 2 rings (SSSR count). The first-order chi connectivity index (χ1) is 8.74. The van der Waals surface area contributed by atoms with Crippen LogP contribution >= 0.6 is 11.3 Å². The summed E-state index contributed by atoms with van der Waals surface area (Å²) in [4.78, 5) is 5.58. The minimum atomic E-state index is 0.285. The summed E-state index contributed by atoms with van der Waals surface area (Å²) in [6.45, 7) is 2.03. The van der Waals surface area contributed by atoms with Crippen molar-refractivity contribution >= 4 is 11.3 Å². The molecule has 0 fully saturated rings. The van der Waals surface area contributed by atoms with E-state index in [1.807, 2.05) is 38.4 Å². The summed E-state index contributed by atoms with van der Waals surface area (Å²) >= 11 is 1.74. The lowest BCUT2D eigenvalue weighted by Gasteiger charge is -2.16. The van der Waals surface area contributed by atoms with E-state index in [2.05, 4.69) is 16.4 Å². The highest BCUT2D eigenvalue weighted by Crippen LogP contribution is 2.27. The van der Waals surface area contributed by atoms with Crippen LogP contribution in [-0.2, 0) is 6.42 Å². The molecule has 0 aliphatic heterocycles. The maximum absolute atomic E-state index is 5.39. The second-order valence-electron chi connectivity index (χ2n) is 4.14. The first-order valence-electron chi connectivity index (χ1n) is 5.96. The maximum atomic E-state index is 5.39. The molecule has 2 aromatic rings. The van der Waals surface area contributed by atoms with Crippen LogP contribution in [0.4, 0.5) is 0 Å². The quantitative estimate of drug-likeness (QED) is 0.899. The van der Waals surface area contributed by atoms with Crippen LogP contribution in [0.1, 0.15) is 21.5 Å². The maximum Gasteiger partial charge on any atom is 0.122 e. The zero-order chi connectivity index (χ0) is 13.0. The molecule has 0 bridgehead atoms. The molecular formula is C14H18N2OS. The fourth-order valence-corrected chi connectivity index (χ4v) is 2.87. The Hall–Kier alpha value is -1.39. The number of thiazole rings is 1. The van der Waals surface area contributed by atoms with Gasteiger partial charge in [0, 0.05) is 17.1 Å². The number of aromatic nitrogens is 1. The van der Waals surface area contributed by atoms with Crippen molar-refractivity contribution in [1.82, 2.24) is 10.3 Å². The molecule has 0 aliphatic rings. The summed E-state index contributed by atoms with van der Waals surface area (Å²) in [5.74, 6) is 0.944. The minimum Gasteiger partial charge on any atom is -0.496 e. The Morgan fingerprint density at radius 2 is 2.17 bits per heavy atom. The van der Waals surface area contributed by atoms with Gasteiger partial charge < -0.3 is 10.1 Å². The van der Waals surface area contributed by atoms with Gasteiger partial charge in [-0.15, -0.1) is 11.3 Å². The molecule has 0 amide bonds. The number of nitrogens with zero attached hydrogens (tertiary/aromatic N) is 1. The Kier molecular flexibility index (Phi) is 4.33. The third-order valence-corrected chi connectivity index (χ3v) is 3.97. The van der Waals surface area contributed by atoms with Crippen molar-refractivity contribution in [3.05, 3.63) is 45.9 Å². The van der Waals surface area contributed by atoms with Crippen molar-refractivity contribution in [3.8, 4) is 5.75 Å². The van der Waals surface area contributed by atoms with Crippen LogP contribution in [-0.4, -0.2) is 19.1 Å². The van der Waals surface area contributed by atoms with Gasteiger partial charge in [-0.3, -0.25) is 0 Å². The lowest BCUT2D eigenvalue weighted by Crippen LogP contribution is -2.18. The molecule has 1 unspecified atom stereocenters. The molecule has 0 saturated heterocycles. The van der Waals surface area contributed by atoms with Crippen molar-refractivity contribution < 1.29 is 4.74 Å². The summed E-state index contributed by atoms with van der Waals surface area (Å²) in [5, 5.41) is 4.45. The Morgan fingerprint density at radius 1 is 1.39 bits per heavy atom. The van der Waals surface area contributed by atoms with Crippen molar-refractivity contribution in [2.75, 3.05) is 14.2 Å². The van der Waals surface area contributed by atoms with Gasteiger partial charge in [0.2, 0.25) is 0 Å². The topological polar surface area (TPSA) is 34.1 Å². The van der Waals surface area contributed by atoms with E-state index in [-0.39, 0.29) is 6.04 Å². The number of methoxy groups -OCH3 is 1. The van der Waals surface area contributed by atoms with Crippen LogP contribution < -0.4 is 10.1 Å². The smallest absolute Gasteiger partial charge is 0.122 e. The predicted molar refractivity (Wildman–Crippen MR) is 75.3 cm³/mol. The van der Waals surface area contributed by atoms with Gasteiger partial charge in [-0.05, 0) is 32.0 Å². The number of rotatable bonds is 5. The SMILES string of the molecule is CNC(Cc1ccccc1OC)c1cnc(C)s1. The average Bonchev–Trinajstić information content (AvgIpc) is 2.83. The molecule has 0 aliphatic carbocycles. The largest absolute Gasteiger partial charge is 0.496 e. The van der Waals surface area contributed by atoms with Crippen molar-refractivity contribution in [2.24, 2.45) is 0 Å². The van der Waals surface area contributed by atoms with Gasteiger partial charge in [0.05, 0.1) is 12.1 Å². The van der Waals surface area contributed by atoms with Gasteiger partial charge in [-0.1, -0.05) is 18.2 Å². The summed E-state index contributed by atoms with van der Waals surface area (Å²) in [6.07, 6.45) is 2.86. The fraction of sp³-hybridized carbons (Fsp3) is 0.357. The molecule has 1 N–H and O–H groups in total. The van der Waals surface area contributed by atoms with Crippen LogP contribution in [0, 0.1) is 6.92 Å². The number of hydrogen-bond donors (Lipinski definition) is 1. The third kappa shape index (κ3) is 2.89. The highest BCUT2D eigenvalue weighted by atomic mass is 32.1. The van der Waals surface area contributed by atoms with E-state index in [1.54, 1.807) is 18.4 Å². The summed E-state index contributed by atoms with van der Waals surface area (Å²) in [6, 6.07) is 8.43. The number of nitrogens with one attached hydrogen (secondary N) is 1. The van der Waals surface area contributed by atoms with Crippen molar-refractivity contribution in [1.29, 1.82) is 0 Å². The second-order valence-corrected chi connectivity index (χ2v) is 5.41. The normalized spacial score (nSPS) is 12.4. The lowest BCUT2D eigenvalue weighted by atomic mass is 10.0. The molecule has 3 nitrogen and oxygen atoms in total. The molecule has 18 heavy (non-hydrogen) atoms. The van der Waals surface area contributed by atoms with Gasteiger partial charge in [-0.2, -0.15) is 0 Å². The number of ether oxygens (including phenoxy) is 1. The lowest BCUT2D eigenvalue weighted by molar-refractivity contribution is 0.406. The number of hydrogen-bond acceptors (Lipinski definition) is 4. The monoisotopic (exact) mass is 262 g/mol. The summed E-state index contributed by atoms with van der Waals surface area (Å²) in [5.41, 5.74) is 1.21. The van der Waals surface area contributed by atoms with Gasteiger partial charge in [0.15, 0.2) is 0 Å². The molecule has 96 valence electrons. The number of aryl methyl sites for hydroxylation is 1. The zero-order valence-corrected chi connectivity index (χ0v) is 11.8. The molecule has 1 atom stereocenters. The summed E-state index contributed by atoms with van der Waals surface area (Å²) in [7, 11) is 3.69. The molecular weight excluding hydrogens is 244 g/mol. The van der Waals surface area contributed by atoms with Gasteiger partial charge >= 0.3 is 0 Å². The highest BCUT2D eigenvalue weighted by molar-refractivity contribution is 7.11. The van der Waals surface area contributed by atoms with E-state index >= 15 is 0 Å². The fourth-order valence-electron chi connectivity index (χ4n) is 1.98. The van der Waals surface area contributed by atoms with E-state index in [4.69, 9.17) is 4.74 Å². The molecule has 1 heterocycles. The standard InChI is InChI=1S/C14H18N2OS/c1-10-16-9-14(18-10)12(15-2)8-11-6-4-5-7-13(11)17-3/h4-7,9,12,15H,8H2,1-3H3. The molecule has 1 aromatic heterocycles. The Labute approximate surface area is 112 Å².